The Morgan fingerprint density at radius 3 is 2.52 bits per heavy atom. The number of hydrogen-bond acceptors (Lipinski definition) is 6. The second kappa shape index (κ2) is 5.96. The first-order chi connectivity index (χ1) is 9.94. The fourth-order valence-electron chi connectivity index (χ4n) is 1.86. The first-order valence-electron chi connectivity index (χ1n) is 5.95. The Hall–Kier alpha value is -2.35. The molecule has 0 saturated carbocycles. The van der Waals surface area contributed by atoms with Crippen LogP contribution in [0.1, 0.15) is 0 Å². The molecule has 7 nitrogen and oxygen atoms in total. The number of ether oxygens (including phenoxy) is 2. The highest BCUT2D eigenvalue weighted by Crippen LogP contribution is 2.36. The summed E-state index contributed by atoms with van der Waals surface area (Å²) in [6.07, 6.45) is 4.07. The van der Waals surface area contributed by atoms with Gasteiger partial charge in [0.25, 0.3) is 0 Å². The lowest BCUT2D eigenvalue weighted by Crippen LogP contribution is -2.09. The molecule has 0 aliphatic rings. The lowest BCUT2D eigenvalue weighted by molar-refractivity contribution is 0.396. The van der Waals surface area contributed by atoms with E-state index in [1.54, 1.807) is 24.4 Å². The van der Waals surface area contributed by atoms with Crippen LogP contribution in [0.2, 0.25) is 0 Å². The van der Waals surface area contributed by atoms with E-state index in [2.05, 4.69) is 14.7 Å². The molecule has 1 heterocycles. The molecule has 0 radical (unpaired) electrons. The van der Waals surface area contributed by atoms with Crippen LogP contribution in [0.15, 0.2) is 30.7 Å². The third-order valence-corrected chi connectivity index (χ3v) is 3.27. The van der Waals surface area contributed by atoms with Gasteiger partial charge in [-0.3, -0.25) is 4.72 Å². The van der Waals surface area contributed by atoms with Crippen LogP contribution in [0.3, 0.4) is 0 Å². The Morgan fingerprint density at radius 1 is 1.14 bits per heavy atom. The van der Waals surface area contributed by atoms with Crippen LogP contribution in [0.5, 0.6) is 11.6 Å². The molecule has 0 atom stereocenters. The van der Waals surface area contributed by atoms with Crippen molar-refractivity contribution in [2.24, 2.45) is 0 Å². The summed E-state index contributed by atoms with van der Waals surface area (Å²) in [5.41, 5.74) is 1.77. The molecule has 1 N–H and O–H groups in total. The molecule has 0 fully saturated rings. The van der Waals surface area contributed by atoms with Gasteiger partial charge in [0.05, 0.1) is 31.7 Å². The number of aromatic nitrogens is 2. The zero-order valence-electron chi connectivity index (χ0n) is 11.8. The van der Waals surface area contributed by atoms with E-state index >= 15 is 0 Å². The summed E-state index contributed by atoms with van der Waals surface area (Å²) >= 11 is 0. The van der Waals surface area contributed by atoms with E-state index in [0.29, 0.717) is 28.4 Å². The summed E-state index contributed by atoms with van der Waals surface area (Å²) in [7, 11) is -0.336. The topological polar surface area (TPSA) is 90.4 Å². The van der Waals surface area contributed by atoms with E-state index in [9.17, 15) is 8.42 Å². The maximum absolute atomic E-state index is 11.3. The van der Waals surface area contributed by atoms with Crippen molar-refractivity contribution in [1.29, 1.82) is 0 Å². The van der Waals surface area contributed by atoms with Crippen LogP contribution in [-0.2, 0) is 10.0 Å². The predicted molar refractivity (Wildman–Crippen MR) is 79.0 cm³/mol. The number of hydrogen-bond donors (Lipinski definition) is 1. The van der Waals surface area contributed by atoms with E-state index in [-0.39, 0.29) is 0 Å². The van der Waals surface area contributed by atoms with Crippen LogP contribution >= 0.6 is 0 Å². The average molecular weight is 309 g/mol. The molecule has 2 rings (SSSR count). The van der Waals surface area contributed by atoms with E-state index in [1.165, 1.54) is 20.5 Å². The Balaban J connectivity index is 2.50. The van der Waals surface area contributed by atoms with Crippen molar-refractivity contribution in [3.05, 3.63) is 30.7 Å². The van der Waals surface area contributed by atoms with Gasteiger partial charge in [0.15, 0.2) is 0 Å². The fraction of sp³-hybridized carbons (Fsp3) is 0.231. The van der Waals surface area contributed by atoms with E-state index in [4.69, 9.17) is 9.47 Å². The van der Waals surface area contributed by atoms with E-state index in [1.807, 2.05) is 0 Å². The summed E-state index contributed by atoms with van der Waals surface area (Å²) in [4.78, 5) is 8.00. The minimum absolute atomic E-state index is 0.409. The molecule has 0 amide bonds. The summed E-state index contributed by atoms with van der Waals surface area (Å²) in [5.74, 6) is 0.892. The number of anilines is 1. The number of rotatable bonds is 5. The zero-order valence-corrected chi connectivity index (χ0v) is 12.6. The third-order valence-electron chi connectivity index (χ3n) is 2.66. The Bertz CT molecular complexity index is 747. The maximum atomic E-state index is 11.3. The van der Waals surface area contributed by atoms with Crippen molar-refractivity contribution in [1.82, 2.24) is 9.97 Å². The maximum Gasteiger partial charge on any atom is 0.229 e. The predicted octanol–water partition coefficient (Wildman–Crippen LogP) is 1.53. The molecule has 0 saturated heterocycles. The number of sulfonamides is 1. The standard InChI is InChI=1S/C13H15N3O4S/c1-19-12-6-9(16-21(3,17)18)4-5-10(12)11-7-14-8-15-13(11)20-2/h4-8,16H,1-3H3. The van der Waals surface area contributed by atoms with Gasteiger partial charge in [-0.05, 0) is 12.1 Å². The molecule has 112 valence electrons. The SMILES string of the molecule is COc1cc(NS(C)(=O)=O)ccc1-c1cncnc1OC. The highest BCUT2D eigenvalue weighted by molar-refractivity contribution is 7.92. The van der Waals surface area contributed by atoms with E-state index < -0.39 is 10.0 Å². The molecule has 1 aromatic carbocycles. The molecular formula is C13H15N3O4S. The monoisotopic (exact) mass is 309 g/mol. The van der Waals surface area contributed by atoms with Crippen molar-refractivity contribution in [2.75, 3.05) is 25.2 Å². The fourth-order valence-corrected chi connectivity index (χ4v) is 2.41. The smallest absolute Gasteiger partial charge is 0.229 e. The lowest BCUT2D eigenvalue weighted by Gasteiger charge is -2.13. The van der Waals surface area contributed by atoms with Gasteiger partial charge in [-0.15, -0.1) is 0 Å². The molecule has 2 aromatic rings. The number of nitrogens with zero attached hydrogens (tertiary/aromatic N) is 2. The van der Waals surface area contributed by atoms with Gasteiger partial charge in [-0.1, -0.05) is 0 Å². The minimum atomic E-state index is -3.35. The van der Waals surface area contributed by atoms with Crippen LogP contribution in [0, 0.1) is 0 Å². The van der Waals surface area contributed by atoms with Crippen molar-refractivity contribution in [3.63, 3.8) is 0 Å². The summed E-state index contributed by atoms with van der Waals surface area (Å²) in [5, 5.41) is 0. The molecule has 0 spiro atoms. The van der Waals surface area contributed by atoms with Crippen LogP contribution in [0.4, 0.5) is 5.69 Å². The average Bonchev–Trinajstić information content (AvgIpc) is 2.45. The van der Waals surface area contributed by atoms with Crippen molar-refractivity contribution < 1.29 is 17.9 Å². The van der Waals surface area contributed by atoms with Gasteiger partial charge in [-0.2, -0.15) is 0 Å². The second-order valence-electron chi connectivity index (χ2n) is 4.23. The first-order valence-corrected chi connectivity index (χ1v) is 7.84. The van der Waals surface area contributed by atoms with E-state index in [0.717, 1.165) is 6.26 Å². The Morgan fingerprint density at radius 2 is 1.90 bits per heavy atom. The molecule has 0 bridgehead atoms. The van der Waals surface area contributed by atoms with Gasteiger partial charge >= 0.3 is 0 Å². The third kappa shape index (κ3) is 3.60. The van der Waals surface area contributed by atoms with Crippen LogP contribution in [-0.4, -0.2) is 38.9 Å². The molecule has 0 unspecified atom stereocenters. The summed E-state index contributed by atoms with van der Waals surface area (Å²) in [6, 6.07) is 4.93. The first kappa shape index (κ1) is 15.0. The van der Waals surface area contributed by atoms with Crippen molar-refractivity contribution in [2.45, 2.75) is 0 Å². The molecule has 0 aliphatic heterocycles. The minimum Gasteiger partial charge on any atom is -0.496 e. The van der Waals surface area contributed by atoms with Gasteiger partial charge in [0.2, 0.25) is 15.9 Å². The highest BCUT2D eigenvalue weighted by atomic mass is 32.2. The normalized spacial score (nSPS) is 11.0. The second-order valence-corrected chi connectivity index (χ2v) is 5.98. The summed E-state index contributed by atoms with van der Waals surface area (Å²) in [6.45, 7) is 0. The molecule has 21 heavy (non-hydrogen) atoms. The van der Waals surface area contributed by atoms with Crippen molar-refractivity contribution in [3.8, 4) is 22.8 Å². The number of methoxy groups -OCH3 is 2. The molecular weight excluding hydrogens is 294 g/mol. The van der Waals surface area contributed by atoms with Gasteiger partial charge in [-0.25, -0.2) is 18.4 Å². The number of benzene rings is 1. The lowest BCUT2D eigenvalue weighted by atomic mass is 10.1. The Labute approximate surface area is 123 Å². The quantitative estimate of drug-likeness (QED) is 0.901. The van der Waals surface area contributed by atoms with Crippen LogP contribution in [0.25, 0.3) is 11.1 Å². The number of nitrogens with one attached hydrogen (secondary N) is 1. The van der Waals surface area contributed by atoms with Gasteiger partial charge < -0.3 is 9.47 Å². The van der Waals surface area contributed by atoms with Gasteiger partial charge in [0.1, 0.15) is 12.1 Å². The molecule has 8 heteroatoms. The van der Waals surface area contributed by atoms with Crippen molar-refractivity contribution >= 4 is 15.7 Å². The Kier molecular flexibility index (Phi) is 4.27. The van der Waals surface area contributed by atoms with Crippen LogP contribution < -0.4 is 14.2 Å². The summed E-state index contributed by atoms with van der Waals surface area (Å²) < 4.78 is 35.4. The molecule has 1 aromatic heterocycles. The zero-order chi connectivity index (χ0) is 15.5. The largest absolute Gasteiger partial charge is 0.496 e. The molecule has 0 aliphatic carbocycles. The highest BCUT2D eigenvalue weighted by Gasteiger charge is 2.14. The van der Waals surface area contributed by atoms with Gasteiger partial charge in [0, 0.05) is 17.8 Å².